The summed E-state index contributed by atoms with van der Waals surface area (Å²) in [5.74, 6) is 0.331. The van der Waals surface area contributed by atoms with Gasteiger partial charge >= 0.3 is 0 Å². The van der Waals surface area contributed by atoms with Gasteiger partial charge in [0.15, 0.2) is 0 Å². The third-order valence-electron chi connectivity index (χ3n) is 5.15. The molecule has 2 aliphatic rings. The number of nitrogens with two attached hydrogens (primary N) is 1. The minimum atomic E-state index is 0.0995. The molecule has 166 valence electrons. The number of nitrogens with one attached hydrogen (secondary N) is 1. The molecule has 3 N–H and O–H groups in total. The Labute approximate surface area is 175 Å². The van der Waals surface area contributed by atoms with Crippen LogP contribution in [0.15, 0.2) is 12.3 Å². The van der Waals surface area contributed by atoms with Crippen LogP contribution in [0.1, 0.15) is 118 Å². The predicted molar refractivity (Wildman–Crippen MR) is 122 cm³/mol. The minimum absolute atomic E-state index is 0.0995. The monoisotopic (exact) mass is 396 g/mol. The van der Waals surface area contributed by atoms with E-state index in [2.05, 4.69) is 18.8 Å². The average Bonchev–Trinajstić information content (AvgIpc) is 3.28. The lowest BCUT2D eigenvalue weighted by atomic mass is 9.94. The van der Waals surface area contributed by atoms with E-state index in [1.807, 2.05) is 13.8 Å². The van der Waals surface area contributed by atoms with E-state index >= 15 is 0 Å². The fourth-order valence-corrected chi connectivity index (χ4v) is 3.47. The summed E-state index contributed by atoms with van der Waals surface area (Å²) in [5.41, 5.74) is 6.07. The first-order valence-electron chi connectivity index (χ1n) is 11.6. The van der Waals surface area contributed by atoms with Crippen LogP contribution in [0.2, 0.25) is 0 Å². The van der Waals surface area contributed by atoms with Crippen molar-refractivity contribution in [3.63, 3.8) is 0 Å². The van der Waals surface area contributed by atoms with Crippen molar-refractivity contribution in [1.29, 1.82) is 0 Å². The Morgan fingerprint density at radius 3 is 1.89 bits per heavy atom. The van der Waals surface area contributed by atoms with Crippen LogP contribution in [0.25, 0.3) is 0 Å². The highest BCUT2D eigenvalue weighted by molar-refractivity contribution is 5.78. The molecule has 28 heavy (non-hydrogen) atoms. The molecule has 2 saturated carbocycles. The molecular formula is C24H48N2O2. The van der Waals surface area contributed by atoms with Crippen molar-refractivity contribution in [2.75, 3.05) is 0 Å². The summed E-state index contributed by atoms with van der Waals surface area (Å²) in [6.07, 6.45) is 18.4. The first-order chi connectivity index (χ1) is 13.5. The largest absolute Gasteiger partial charge is 0.402 e. The van der Waals surface area contributed by atoms with Crippen molar-refractivity contribution in [3.05, 3.63) is 12.3 Å². The van der Waals surface area contributed by atoms with E-state index < -0.39 is 0 Å². The second-order valence-corrected chi connectivity index (χ2v) is 7.70. The molecule has 4 heteroatoms. The highest BCUT2D eigenvalue weighted by Gasteiger charge is 2.13. The van der Waals surface area contributed by atoms with E-state index in [-0.39, 0.29) is 11.7 Å². The van der Waals surface area contributed by atoms with Gasteiger partial charge in [0.1, 0.15) is 5.78 Å². The number of ketones is 1. The zero-order valence-electron chi connectivity index (χ0n) is 19.2. The molecule has 4 nitrogen and oxygen atoms in total. The van der Waals surface area contributed by atoms with Gasteiger partial charge < -0.3 is 11.1 Å². The molecule has 0 heterocycles. The van der Waals surface area contributed by atoms with Gasteiger partial charge in [-0.05, 0) is 32.6 Å². The van der Waals surface area contributed by atoms with E-state index in [9.17, 15) is 9.59 Å². The first-order valence-corrected chi connectivity index (χ1v) is 11.6. The maximum absolute atomic E-state index is 11.1. The highest BCUT2D eigenvalue weighted by Crippen LogP contribution is 2.17. The van der Waals surface area contributed by atoms with Crippen molar-refractivity contribution in [2.45, 2.75) is 124 Å². The lowest BCUT2D eigenvalue weighted by Crippen LogP contribution is -2.29. The molecule has 0 saturated heterocycles. The lowest BCUT2D eigenvalue weighted by Gasteiger charge is -2.19. The third-order valence-corrected chi connectivity index (χ3v) is 5.15. The van der Waals surface area contributed by atoms with Crippen LogP contribution in [-0.2, 0) is 9.59 Å². The van der Waals surface area contributed by atoms with Gasteiger partial charge in [0.05, 0.1) is 0 Å². The molecule has 1 amide bonds. The molecule has 2 aliphatic carbocycles. The summed E-state index contributed by atoms with van der Waals surface area (Å²) in [4.78, 5) is 21.1. The average molecular weight is 397 g/mol. The van der Waals surface area contributed by atoms with E-state index in [0.29, 0.717) is 18.2 Å². The van der Waals surface area contributed by atoms with E-state index in [1.165, 1.54) is 64.2 Å². The minimum Gasteiger partial charge on any atom is -0.402 e. The normalized spacial score (nSPS) is 16.7. The van der Waals surface area contributed by atoms with Crippen molar-refractivity contribution < 1.29 is 9.59 Å². The third kappa shape index (κ3) is 19.4. The summed E-state index contributed by atoms with van der Waals surface area (Å²) < 4.78 is 0. The van der Waals surface area contributed by atoms with Crippen molar-refractivity contribution in [2.24, 2.45) is 11.7 Å². The van der Waals surface area contributed by atoms with Gasteiger partial charge in [0.25, 0.3) is 0 Å². The Balaban J connectivity index is 0. The maximum Gasteiger partial charge on any atom is 0.207 e. The number of rotatable bonds is 8. The fourth-order valence-electron chi connectivity index (χ4n) is 3.47. The van der Waals surface area contributed by atoms with E-state index in [1.54, 1.807) is 6.92 Å². The first kappa shape index (κ1) is 28.9. The second kappa shape index (κ2) is 22.0. The molecule has 0 aromatic carbocycles. The van der Waals surface area contributed by atoms with Crippen LogP contribution in [0.4, 0.5) is 0 Å². The number of unbranched alkanes of at least 4 members (excludes halogenated alkanes) is 1. The smallest absolute Gasteiger partial charge is 0.207 e. The highest BCUT2D eigenvalue weighted by atomic mass is 16.1. The Kier molecular flexibility index (Phi) is 22.7. The van der Waals surface area contributed by atoms with Crippen LogP contribution in [-0.4, -0.2) is 18.2 Å². The molecule has 1 atom stereocenters. The van der Waals surface area contributed by atoms with E-state index in [4.69, 9.17) is 5.73 Å². The Bertz CT molecular complexity index is 365. The number of carbonyl (C=O) groups is 2. The molecule has 0 aromatic rings. The molecule has 0 spiro atoms. The number of carbonyl (C=O) groups excluding carboxylic acids is 2. The molecule has 0 bridgehead atoms. The second-order valence-electron chi connectivity index (χ2n) is 7.70. The molecule has 0 radical (unpaired) electrons. The molecule has 2 fully saturated rings. The Hall–Kier alpha value is -1.32. The van der Waals surface area contributed by atoms with Gasteiger partial charge in [0.2, 0.25) is 6.41 Å². The van der Waals surface area contributed by atoms with Crippen molar-refractivity contribution >= 4 is 12.2 Å². The topological polar surface area (TPSA) is 72.2 Å². The Morgan fingerprint density at radius 1 is 1.07 bits per heavy atom. The summed E-state index contributed by atoms with van der Waals surface area (Å²) in [6, 6.07) is 0.483. The van der Waals surface area contributed by atoms with Gasteiger partial charge in [-0.15, -0.1) is 0 Å². The predicted octanol–water partition coefficient (Wildman–Crippen LogP) is 6.29. The summed E-state index contributed by atoms with van der Waals surface area (Å²) in [6.45, 7) is 11.4. The molecule has 0 aromatic heterocycles. The maximum atomic E-state index is 11.1. The zero-order valence-corrected chi connectivity index (χ0v) is 19.2. The summed E-state index contributed by atoms with van der Waals surface area (Å²) in [5, 5.41) is 2.80. The standard InChI is InChI=1S/C10H19NO.C7H13NO.C5H10.C2H6/c1-4-5-6-10(9(3)12)7-8(2)11;9-6-8-7-4-2-1-3-5-7;1-2-4-5-3-1;1-2/h10H,2,4-7,11H2,1,3H3;6-7H,1-5H2,(H,8,9);1-5H2;1-2H3. The van der Waals surface area contributed by atoms with E-state index in [0.717, 1.165) is 25.7 Å². The molecule has 1 unspecified atom stereocenters. The van der Waals surface area contributed by atoms with Crippen LogP contribution in [0, 0.1) is 5.92 Å². The van der Waals surface area contributed by atoms with Gasteiger partial charge in [-0.25, -0.2) is 0 Å². The lowest BCUT2D eigenvalue weighted by molar-refractivity contribution is -0.121. The number of allylic oxidation sites excluding steroid dienone is 1. The zero-order chi connectivity index (χ0) is 21.6. The van der Waals surface area contributed by atoms with Gasteiger partial charge in [0, 0.05) is 17.7 Å². The summed E-state index contributed by atoms with van der Waals surface area (Å²) >= 11 is 0. The number of Topliss-reactive ketones (excluding diaryl/α,β-unsaturated/α-hetero) is 1. The number of hydrogen-bond acceptors (Lipinski definition) is 3. The van der Waals surface area contributed by atoms with Crippen LogP contribution >= 0.6 is 0 Å². The summed E-state index contributed by atoms with van der Waals surface area (Å²) in [7, 11) is 0. The number of hydrogen-bond donors (Lipinski definition) is 2. The van der Waals surface area contributed by atoms with Gasteiger partial charge in [-0.2, -0.15) is 0 Å². The molecular weight excluding hydrogens is 348 g/mol. The van der Waals surface area contributed by atoms with Crippen LogP contribution in [0.3, 0.4) is 0 Å². The molecule has 2 rings (SSSR count). The van der Waals surface area contributed by atoms with Crippen molar-refractivity contribution in [3.8, 4) is 0 Å². The van der Waals surface area contributed by atoms with Gasteiger partial charge in [-0.1, -0.05) is 91.6 Å². The molecule has 0 aliphatic heterocycles. The fraction of sp³-hybridized carbons (Fsp3) is 0.833. The Morgan fingerprint density at radius 2 is 1.54 bits per heavy atom. The van der Waals surface area contributed by atoms with Gasteiger partial charge in [-0.3, -0.25) is 9.59 Å². The number of amides is 1. The van der Waals surface area contributed by atoms with Crippen LogP contribution < -0.4 is 11.1 Å². The quantitative estimate of drug-likeness (QED) is 0.474. The SMILES string of the molecule is C1CCCC1.C=C(N)CC(CCCC)C(C)=O.CC.O=CNC1CCCCC1. The van der Waals surface area contributed by atoms with Crippen LogP contribution in [0.5, 0.6) is 0 Å². The van der Waals surface area contributed by atoms with Crippen molar-refractivity contribution in [1.82, 2.24) is 5.32 Å².